The van der Waals surface area contributed by atoms with E-state index in [0.29, 0.717) is 23.3 Å². The van der Waals surface area contributed by atoms with Gasteiger partial charge in [-0.1, -0.05) is 55.3 Å². The zero-order valence-corrected chi connectivity index (χ0v) is 19.3. The van der Waals surface area contributed by atoms with Crippen molar-refractivity contribution in [2.45, 2.75) is 49.5 Å². The van der Waals surface area contributed by atoms with E-state index in [4.69, 9.17) is 16.5 Å². The van der Waals surface area contributed by atoms with Gasteiger partial charge in [0, 0.05) is 30.9 Å². The van der Waals surface area contributed by atoms with Crippen molar-refractivity contribution in [1.29, 1.82) is 0 Å². The number of nitrogens with two attached hydrogens (primary N) is 2. The number of anilines is 2. The fourth-order valence-electron chi connectivity index (χ4n) is 4.34. The first-order valence-electron chi connectivity index (χ1n) is 10.5. The average Bonchev–Trinajstić information content (AvgIpc) is 2.75. The summed E-state index contributed by atoms with van der Waals surface area (Å²) in [5.74, 6) is 1.88. The predicted molar refractivity (Wildman–Crippen MR) is 126 cm³/mol. The third-order valence-corrected chi connectivity index (χ3v) is 7.42. The largest absolute Gasteiger partial charge is 0.383 e. The van der Waals surface area contributed by atoms with Crippen molar-refractivity contribution in [2.24, 2.45) is 17.6 Å². The molecule has 29 heavy (non-hydrogen) atoms. The minimum Gasteiger partial charge on any atom is -0.383 e. The van der Waals surface area contributed by atoms with Crippen molar-refractivity contribution < 1.29 is 4.39 Å². The summed E-state index contributed by atoms with van der Waals surface area (Å²) in [7, 11) is 0. The number of hydrogen-bond donors (Lipinski definition) is 2. The smallest absolute Gasteiger partial charge is 0.146 e. The molecule has 0 aromatic carbocycles. The Bertz CT molecular complexity index is 814. The molecule has 0 radical (unpaired) electrons. The fraction of sp³-hybridized carbons (Fsp3) is 0.545. The average molecular weight is 511 g/mol. The van der Waals surface area contributed by atoms with E-state index in [9.17, 15) is 4.39 Å². The number of piperidine rings is 1. The molecule has 1 aliphatic heterocycles. The molecule has 2 aromatic heterocycles. The van der Waals surface area contributed by atoms with Crippen LogP contribution in [0.1, 0.15) is 54.7 Å². The number of aromatic nitrogens is 2. The minimum absolute atomic E-state index is 0.195. The summed E-state index contributed by atoms with van der Waals surface area (Å²) < 4.78 is 14.3. The lowest BCUT2D eigenvalue weighted by Gasteiger charge is -2.39. The molecule has 3 atom stereocenters. The van der Waals surface area contributed by atoms with Crippen LogP contribution in [0.5, 0.6) is 0 Å². The van der Waals surface area contributed by atoms with Crippen LogP contribution in [0.15, 0.2) is 30.5 Å². The van der Waals surface area contributed by atoms with Crippen LogP contribution in [-0.2, 0) is 0 Å². The van der Waals surface area contributed by atoms with Crippen LogP contribution in [0, 0.1) is 17.7 Å². The molecule has 0 amide bonds. The molecule has 1 saturated heterocycles. The zero-order valence-electron chi connectivity index (χ0n) is 17.2. The number of nitrogen functional groups attached to an aromatic ring is 1. The van der Waals surface area contributed by atoms with E-state index in [1.165, 1.54) is 6.07 Å². The van der Waals surface area contributed by atoms with E-state index >= 15 is 0 Å². The van der Waals surface area contributed by atoms with Gasteiger partial charge in [-0.3, -0.25) is 0 Å². The van der Waals surface area contributed by atoms with Gasteiger partial charge in [0.25, 0.3) is 0 Å². The van der Waals surface area contributed by atoms with Crippen LogP contribution in [0.25, 0.3) is 0 Å². The fourth-order valence-corrected chi connectivity index (χ4v) is 5.31. The second-order valence-electron chi connectivity index (χ2n) is 7.88. The van der Waals surface area contributed by atoms with Gasteiger partial charge in [0.15, 0.2) is 0 Å². The van der Waals surface area contributed by atoms with Gasteiger partial charge in [-0.05, 0) is 42.9 Å². The highest BCUT2D eigenvalue weighted by Crippen LogP contribution is 2.36. The molecule has 4 N–H and O–H groups in total. The summed E-state index contributed by atoms with van der Waals surface area (Å²) in [4.78, 5) is 11.1. The second-order valence-corrected chi connectivity index (χ2v) is 9.12. The molecule has 0 aliphatic carbocycles. The maximum absolute atomic E-state index is 14.6. The van der Waals surface area contributed by atoms with Crippen molar-refractivity contribution in [2.75, 3.05) is 23.7 Å². The molecule has 3 unspecified atom stereocenters. The van der Waals surface area contributed by atoms with Crippen molar-refractivity contribution in [1.82, 2.24) is 9.97 Å². The Kier molecular flexibility index (Phi) is 7.67. The number of halogens is 2. The summed E-state index contributed by atoms with van der Waals surface area (Å²) in [6.07, 6.45) is 6.07. The molecule has 7 heteroatoms. The molecular formula is C22H31FIN5. The summed E-state index contributed by atoms with van der Waals surface area (Å²) in [5, 5.41) is 0. The molecular weight excluding hydrogens is 480 g/mol. The molecule has 0 saturated carbocycles. The van der Waals surface area contributed by atoms with Crippen LogP contribution in [0.3, 0.4) is 0 Å². The monoisotopic (exact) mass is 511 g/mol. The Balaban J connectivity index is 1.83. The topological polar surface area (TPSA) is 81.1 Å². The Morgan fingerprint density at radius 1 is 1.28 bits per heavy atom. The lowest BCUT2D eigenvalue weighted by Crippen LogP contribution is -2.47. The molecule has 5 nitrogen and oxygen atoms in total. The third-order valence-electron chi connectivity index (χ3n) is 6.16. The van der Waals surface area contributed by atoms with E-state index in [2.05, 4.69) is 46.3 Å². The Hall–Kier alpha value is -1.48. The van der Waals surface area contributed by atoms with E-state index in [1.807, 2.05) is 12.1 Å². The maximum atomic E-state index is 14.6. The molecule has 3 heterocycles. The molecule has 0 bridgehead atoms. The highest BCUT2D eigenvalue weighted by atomic mass is 127. The van der Waals surface area contributed by atoms with E-state index in [1.54, 1.807) is 12.3 Å². The van der Waals surface area contributed by atoms with Crippen LogP contribution in [-0.4, -0.2) is 29.1 Å². The van der Waals surface area contributed by atoms with E-state index in [-0.39, 0.29) is 15.8 Å². The summed E-state index contributed by atoms with van der Waals surface area (Å²) in [6.45, 7) is 6.22. The van der Waals surface area contributed by atoms with Crippen LogP contribution < -0.4 is 16.4 Å². The normalized spacial score (nSPS) is 19.4. The number of pyridine rings is 2. The lowest BCUT2D eigenvalue weighted by molar-refractivity contribution is 0.261. The third kappa shape index (κ3) is 4.99. The van der Waals surface area contributed by atoms with Gasteiger partial charge in [0.2, 0.25) is 0 Å². The summed E-state index contributed by atoms with van der Waals surface area (Å²) in [6, 6.07) is 7.17. The zero-order chi connectivity index (χ0) is 21.0. The van der Waals surface area contributed by atoms with E-state index in [0.717, 1.165) is 50.2 Å². The number of nitrogens with zero attached hydrogens (tertiary/aromatic N) is 3. The second kappa shape index (κ2) is 10.0. The van der Waals surface area contributed by atoms with Gasteiger partial charge in [-0.25, -0.2) is 14.4 Å². The van der Waals surface area contributed by atoms with Crippen LogP contribution in [0.4, 0.5) is 16.0 Å². The van der Waals surface area contributed by atoms with Gasteiger partial charge in [-0.15, -0.1) is 0 Å². The van der Waals surface area contributed by atoms with Crippen molar-refractivity contribution >= 4 is 34.2 Å². The molecule has 1 aliphatic rings. The maximum Gasteiger partial charge on any atom is 0.146 e. The quantitative estimate of drug-likeness (QED) is 0.416. The Morgan fingerprint density at radius 3 is 2.72 bits per heavy atom. The highest BCUT2D eigenvalue weighted by Gasteiger charge is 2.30. The first-order valence-corrected chi connectivity index (χ1v) is 11.7. The molecule has 1 fully saturated rings. The van der Waals surface area contributed by atoms with E-state index < -0.39 is 0 Å². The first kappa shape index (κ1) is 22.2. The van der Waals surface area contributed by atoms with Crippen LogP contribution >= 0.6 is 22.6 Å². The molecule has 0 spiro atoms. The summed E-state index contributed by atoms with van der Waals surface area (Å²) >= 11 is 2.18. The SMILES string of the molecule is CCC(CC)C(N)C1CCCN(c2ccc(F)c(C(I)c3cccnc3N)n2)C1. The predicted octanol–water partition coefficient (Wildman–Crippen LogP) is 4.70. The Labute approximate surface area is 186 Å². The van der Waals surface area contributed by atoms with Crippen molar-refractivity contribution in [3.05, 3.63) is 47.5 Å². The van der Waals surface area contributed by atoms with Crippen molar-refractivity contribution in [3.63, 3.8) is 0 Å². The number of alkyl halides is 1. The summed E-state index contributed by atoms with van der Waals surface area (Å²) in [5.41, 5.74) is 13.8. The van der Waals surface area contributed by atoms with Crippen LogP contribution in [0.2, 0.25) is 0 Å². The molecule has 2 aromatic rings. The molecule has 3 rings (SSSR count). The van der Waals surface area contributed by atoms with Gasteiger partial charge >= 0.3 is 0 Å². The lowest BCUT2D eigenvalue weighted by atomic mass is 9.81. The highest BCUT2D eigenvalue weighted by molar-refractivity contribution is 14.1. The molecule has 158 valence electrons. The van der Waals surface area contributed by atoms with Gasteiger partial charge in [-0.2, -0.15) is 0 Å². The van der Waals surface area contributed by atoms with Crippen molar-refractivity contribution in [3.8, 4) is 0 Å². The van der Waals surface area contributed by atoms with Gasteiger partial charge in [0.1, 0.15) is 17.5 Å². The van der Waals surface area contributed by atoms with Gasteiger partial charge in [0.05, 0.1) is 9.62 Å². The first-order chi connectivity index (χ1) is 14.0. The Morgan fingerprint density at radius 2 is 2.03 bits per heavy atom. The van der Waals surface area contributed by atoms with Gasteiger partial charge < -0.3 is 16.4 Å². The number of rotatable bonds is 7. The number of hydrogen-bond acceptors (Lipinski definition) is 5. The minimum atomic E-state index is -0.321. The standard InChI is InChI=1S/C22H31FIN5/c1-3-14(4-2)20(25)15-7-6-12-29(13-15)18-10-9-17(23)21(28-18)19(24)16-8-5-11-27-22(16)26/h5,8-11,14-15,19-20H,3-4,6-7,12-13,25H2,1-2H3,(H2,26,27).